The van der Waals surface area contributed by atoms with E-state index >= 15 is 0 Å². The Balaban J connectivity index is 1.85. The number of imide groups is 1. The van der Waals surface area contributed by atoms with Crippen molar-refractivity contribution in [1.82, 2.24) is 20.4 Å². The SMILES string of the molecule is CCN(CC)CCNC(=O)CN1C(=O)NC2(CCC(C)CC2)C1=O. The molecule has 0 aromatic carbocycles. The zero-order valence-electron chi connectivity index (χ0n) is 15.1. The molecule has 0 atom stereocenters. The normalized spacial score (nSPS) is 27.0. The molecular weight excluding hydrogens is 308 g/mol. The number of urea groups is 1. The first-order valence-electron chi connectivity index (χ1n) is 9.05. The highest BCUT2D eigenvalue weighted by atomic mass is 16.2. The van der Waals surface area contributed by atoms with Crippen molar-refractivity contribution in [2.45, 2.75) is 52.0 Å². The molecule has 1 saturated carbocycles. The molecule has 2 fully saturated rings. The number of nitrogens with one attached hydrogen (secondary N) is 2. The molecular formula is C17H30N4O3. The number of rotatable bonds is 7. The second-order valence-corrected chi connectivity index (χ2v) is 6.96. The number of hydrogen-bond donors (Lipinski definition) is 2. The van der Waals surface area contributed by atoms with Crippen LogP contribution in [0.15, 0.2) is 0 Å². The predicted octanol–water partition coefficient (Wildman–Crippen LogP) is 0.945. The van der Waals surface area contributed by atoms with Crippen LogP contribution >= 0.6 is 0 Å². The Kier molecular flexibility index (Phi) is 6.21. The van der Waals surface area contributed by atoms with E-state index in [2.05, 4.69) is 36.3 Å². The third-order valence-corrected chi connectivity index (χ3v) is 5.32. The molecule has 1 heterocycles. The molecule has 0 unspecified atom stereocenters. The van der Waals surface area contributed by atoms with E-state index in [9.17, 15) is 14.4 Å². The minimum atomic E-state index is -0.773. The van der Waals surface area contributed by atoms with Crippen molar-refractivity contribution in [3.63, 3.8) is 0 Å². The first-order chi connectivity index (χ1) is 11.4. The summed E-state index contributed by atoms with van der Waals surface area (Å²) in [5.74, 6) is 0.0583. The molecule has 7 nitrogen and oxygen atoms in total. The summed E-state index contributed by atoms with van der Waals surface area (Å²) in [7, 11) is 0. The van der Waals surface area contributed by atoms with E-state index in [0.29, 0.717) is 25.3 Å². The average Bonchev–Trinajstić information content (AvgIpc) is 2.79. The summed E-state index contributed by atoms with van der Waals surface area (Å²) in [6, 6.07) is -0.437. The van der Waals surface area contributed by atoms with E-state index in [1.54, 1.807) is 0 Å². The quantitative estimate of drug-likeness (QED) is 0.677. The summed E-state index contributed by atoms with van der Waals surface area (Å²) in [6.07, 6.45) is 3.18. The maximum Gasteiger partial charge on any atom is 0.325 e. The van der Waals surface area contributed by atoms with Crippen LogP contribution in [-0.4, -0.2) is 65.9 Å². The Morgan fingerprint density at radius 1 is 1.29 bits per heavy atom. The number of amides is 4. The Morgan fingerprint density at radius 2 is 1.92 bits per heavy atom. The lowest BCUT2D eigenvalue weighted by Gasteiger charge is -2.33. The molecule has 1 spiro atoms. The molecule has 4 amide bonds. The summed E-state index contributed by atoms with van der Waals surface area (Å²) in [5, 5.41) is 5.63. The van der Waals surface area contributed by atoms with Gasteiger partial charge in [-0.15, -0.1) is 0 Å². The molecule has 136 valence electrons. The second kappa shape index (κ2) is 7.96. The van der Waals surface area contributed by atoms with E-state index in [0.717, 1.165) is 37.4 Å². The van der Waals surface area contributed by atoms with Crippen LogP contribution in [0.1, 0.15) is 46.5 Å². The maximum atomic E-state index is 12.7. The minimum absolute atomic E-state index is 0.194. The van der Waals surface area contributed by atoms with E-state index < -0.39 is 11.6 Å². The average molecular weight is 338 g/mol. The smallest absolute Gasteiger partial charge is 0.325 e. The Morgan fingerprint density at radius 3 is 2.50 bits per heavy atom. The topological polar surface area (TPSA) is 81.8 Å². The molecule has 2 N–H and O–H groups in total. The van der Waals surface area contributed by atoms with Crippen LogP contribution < -0.4 is 10.6 Å². The lowest BCUT2D eigenvalue weighted by Crippen LogP contribution is -2.50. The largest absolute Gasteiger partial charge is 0.353 e. The summed E-state index contributed by atoms with van der Waals surface area (Å²) >= 11 is 0. The van der Waals surface area contributed by atoms with Gasteiger partial charge in [0.2, 0.25) is 5.91 Å². The van der Waals surface area contributed by atoms with E-state index in [4.69, 9.17) is 0 Å². The van der Waals surface area contributed by atoms with Crippen molar-refractivity contribution in [3.8, 4) is 0 Å². The fraction of sp³-hybridized carbons (Fsp3) is 0.824. The molecule has 1 aliphatic carbocycles. The van der Waals surface area contributed by atoms with E-state index in [1.165, 1.54) is 0 Å². The van der Waals surface area contributed by atoms with E-state index in [-0.39, 0.29) is 18.4 Å². The highest BCUT2D eigenvalue weighted by molar-refractivity contribution is 6.09. The summed E-state index contributed by atoms with van der Waals surface area (Å²) < 4.78 is 0. The number of hydrogen-bond acceptors (Lipinski definition) is 4. The van der Waals surface area contributed by atoms with Gasteiger partial charge < -0.3 is 15.5 Å². The molecule has 7 heteroatoms. The Labute approximate surface area is 144 Å². The fourth-order valence-electron chi connectivity index (χ4n) is 3.51. The van der Waals surface area contributed by atoms with Gasteiger partial charge in [-0.3, -0.25) is 14.5 Å². The van der Waals surface area contributed by atoms with Gasteiger partial charge in [0.05, 0.1) is 0 Å². The van der Waals surface area contributed by atoms with Gasteiger partial charge >= 0.3 is 6.03 Å². The van der Waals surface area contributed by atoms with Gasteiger partial charge in [-0.05, 0) is 44.7 Å². The molecule has 0 aromatic rings. The van der Waals surface area contributed by atoms with Crippen molar-refractivity contribution in [2.24, 2.45) is 5.92 Å². The number of carbonyl (C=O) groups excluding carboxylic acids is 3. The van der Waals surface area contributed by atoms with Gasteiger partial charge in [0.25, 0.3) is 5.91 Å². The Bertz CT molecular complexity index is 482. The van der Waals surface area contributed by atoms with Gasteiger partial charge in [0.15, 0.2) is 0 Å². The van der Waals surface area contributed by atoms with Gasteiger partial charge in [-0.1, -0.05) is 20.8 Å². The number of likely N-dealkylation sites (N-methyl/N-ethyl adjacent to an activating group) is 1. The van der Waals surface area contributed by atoms with Crippen LogP contribution in [0.4, 0.5) is 4.79 Å². The van der Waals surface area contributed by atoms with Gasteiger partial charge in [-0.2, -0.15) is 0 Å². The van der Waals surface area contributed by atoms with Crippen LogP contribution in [0.25, 0.3) is 0 Å². The molecule has 1 saturated heterocycles. The highest BCUT2D eigenvalue weighted by Crippen LogP contribution is 2.36. The van der Waals surface area contributed by atoms with Crippen molar-refractivity contribution in [3.05, 3.63) is 0 Å². The summed E-state index contributed by atoms with van der Waals surface area (Å²) in [5.41, 5.74) is -0.773. The molecule has 2 rings (SSSR count). The van der Waals surface area contributed by atoms with Crippen molar-refractivity contribution in [2.75, 3.05) is 32.7 Å². The summed E-state index contributed by atoms with van der Waals surface area (Å²) in [6.45, 7) is 9.26. The Hall–Kier alpha value is -1.63. The third-order valence-electron chi connectivity index (χ3n) is 5.32. The lowest BCUT2D eigenvalue weighted by molar-refractivity contribution is -0.136. The molecule has 2 aliphatic rings. The van der Waals surface area contributed by atoms with Crippen LogP contribution in [0.3, 0.4) is 0 Å². The van der Waals surface area contributed by atoms with Gasteiger partial charge in [0.1, 0.15) is 12.1 Å². The molecule has 0 aromatic heterocycles. The first-order valence-corrected chi connectivity index (χ1v) is 9.05. The van der Waals surface area contributed by atoms with Crippen LogP contribution in [0.5, 0.6) is 0 Å². The van der Waals surface area contributed by atoms with Crippen molar-refractivity contribution in [1.29, 1.82) is 0 Å². The predicted molar refractivity (Wildman–Crippen MR) is 91.4 cm³/mol. The maximum absolute atomic E-state index is 12.7. The lowest BCUT2D eigenvalue weighted by atomic mass is 9.77. The second-order valence-electron chi connectivity index (χ2n) is 6.96. The molecule has 1 aliphatic heterocycles. The molecule has 24 heavy (non-hydrogen) atoms. The minimum Gasteiger partial charge on any atom is -0.353 e. The third kappa shape index (κ3) is 4.06. The van der Waals surface area contributed by atoms with Crippen LogP contribution in [0, 0.1) is 5.92 Å². The first kappa shape index (κ1) is 18.7. The van der Waals surface area contributed by atoms with Crippen LogP contribution in [0.2, 0.25) is 0 Å². The zero-order chi connectivity index (χ0) is 17.7. The molecule has 0 radical (unpaired) electrons. The highest BCUT2D eigenvalue weighted by Gasteiger charge is 2.52. The summed E-state index contributed by atoms with van der Waals surface area (Å²) in [4.78, 5) is 40.2. The standard InChI is InChI=1S/C17H30N4O3/c1-4-20(5-2)11-10-18-14(22)12-21-15(23)17(19-16(21)24)8-6-13(3)7-9-17/h13H,4-12H2,1-3H3,(H,18,22)(H,19,24). The van der Waals surface area contributed by atoms with E-state index in [1.807, 2.05) is 0 Å². The van der Waals surface area contributed by atoms with Crippen molar-refractivity contribution < 1.29 is 14.4 Å². The van der Waals surface area contributed by atoms with Crippen molar-refractivity contribution >= 4 is 17.8 Å². The van der Waals surface area contributed by atoms with Gasteiger partial charge in [-0.25, -0.2) is 4.79 Å². The fourth-order valence-corrected chi connectivity index (χ4v) is 3.51. The monoisotopic (exact) mass is 338 g/mol. The zero-order valence-corrected chi connectivity index (χ0v) is 15.1. The number of carbonyl (C=O) groups is 3. The van der Waals surface area contributed by atoms with Gasteiger partial charge in [0, 0.05) is 13.1 Å². The number of nitrogens with zero attached hydrogens (tertiary/aromatic N) is 2. The molecule has 0 bridgehead atoms. The van der Waals surface area contributed by atoms with Crippen LogP contribution in [-0.2, 0) is 9.59 Å².